The van der Waals surface area contributed by atoms with Crippen LogP contribution in [0.25, 0.3) is 12.3 Å². The zero-order valence-electron chi connectivity index (χ0n) is 16.9. The number of ether oxygens (including phenoxy) is 1. The predicted octanol–water partition coefficient (Wildman–Crippen LogP) is 3.71. The van der Waals surface area contributed by atoms with Gasteiger partial charge in [-0.05, 0) is 49.4 Å². The number of aliphatic hydroxyl groups is 1. The Morgan fingerprint density at radius 1 is 1.41 bits per heavy atom. The largest absolute Gasteiger partial charge is 0.386 e. The number of aryl methyl sites for hydroxylation is 1. The van der Waals surface area contributed by atoms with Crippen molar-refractivity contribution in [2.75, 3.05) is 6.67 Å². The summed E-state index contributed by atoms with van der Waals surface area (Å²) in [4.78, 5) is 4.25. The summed E-state index contributed by atoms with van der Waals surface area (Å²) in [6.07, 6.45) is 5.12. The van der Waals surface area contributed by atoms with Gasteiger partial charge in [0.15, 0.2) is 0 Å². The van der Waals surface area contributed by atoms with Gasteiger partial charge in [-0.2, -0.15) is 0 Å². The number of aromatic nitrogens is 1. The number of aliphatic hydroxyl groups excluding tert-OH is 1. The Morgan fingerprint density at radius 2 is 2.21 bits per heavy atom. The number of hydrogen-bond donors (Lipinski definition) is 1. The molecule has 1 aromatic carbocycles. The maximum absolute atomic E-state index is 13.5. The van der Waals surface area contributed by atoms with Gasteiger partial charge in [-0.1, -0.05) is 32.1 Å². The second kappa shape index (κ2) is 9.46. The van der Waals surface area contributed by atoms with E-state index in [1.807, 2.05) is 17.7 Å². The Morgan fingerprint density at radius 3 is 2.90 bits per heavy atom. The molecule has 0 radical (unpaired) electrons. The first-order chi connectivity index (χ1) is 14.0. The molecule has 3 atom stereocenters. The van der Waals surface area contributed by atoms with E-state index in [0.29, 0.717) is 40.2 Å². The highest BCUT2D eigenvalue weighted by molar-refractivity contribution is 5.65. The number of benzene rings is 1. The molecule has 2 heterocycles. The molecule has 0 bridgehead atoms. The number of rotatable bonds is 7. The van der Waals surface area contributed by atoms with E-state index in [1.165, 1.54) is 6.07 Å². The second-order valence-electron chi connectivity index (χ2n) is 7.42. The lowest BCUT2D eigenvalue weighted by Gasteiger charge is -2.21. The first-order valence-electron chi connectivity index (χ1n) is 10.0. The molecule has 3 unspecified atom stereocenters. The Hall–Kier alpha value is -2.31. The monoisotopic (exact) mass is 402 g/mol. The molecule has 1 aliphatic rings. The molecule has 3 rings (SSSR count). The highest BCUT2D eigenvalue weighted by atomic mass is 19.1. The fraction of sp³-hybridized carbons (Fsp3) is 0.435. The Kier molecular flexibility index (Phi) is 6.98. The van der Waals surface area contributed by atoms with Crippen molar-refractivity contribution in [3.8, 4) is 0 Å². The van der Waals surface area contributed by atoms with Crippen molar-refractivity contribution in [1.29, 1.82) is 0 Å². The van der Waals surface area contributed by atoms with E-state index in [-0.39, 0.29) is 12.0 Å². The molecular formula is C23H28F2N2O2. The number of unbranched alkanes of at least 4 members (excludes halogenated alkanes) is 1. The lowest BCUT2D eigenvalue weighted by Crippen LogP contribution is -2.32. The minimum atomic E-state index is -0.839. The third-order valence-electron chi connectivity index (χ3n) is 5.34. The van der Waals surface area contributed by atoms with Crippen LogP contribution in [-0.4, -0.2) is 28.7 Å². The molecule has 1 saturated heterocycles. The normalized spacial score (nSPS) is 21.7. The van der Waals surface area contributed by atoms with Gasteiger partial charge in [-0.15, -0.1) is 0 Å². The van der Waals surface area contributed by atoms with Crippen LogP contribution in [-0.2, 0) is 4.74 Å². The minimum Gasteiger partial charge on any atom is -0.386 e. The van der Waals surface area contributed by atoms with E-state index in [1.54, 1.807) is 31.3 Å². The Balaban J connectivity index is 1.79. The predicted molar refractivity (Wildman–Crippen MR) is 111 cm³/mol. The molecule has 4 nitrogen and oxygen atoms in total. The molecule has 29 heavy (non-hydrogen) atoms. The van der Waals surface area contributed by atoms with Crippen LogP contribution in [0.3, 0.4) is 0 Å². The molecule has 1 N–H and O–H groups in total. The van der Waals surface area contributed by atoms with Gasteiger partial charge in [0.05, 0.1) is 11.8 Å². The van der Waals surface area contributed by atoms with Gasteiger partial charge in [0.2, 0.25) is 0 Å². The lowest BCUT2D eigenvalue weighted by atomic mass is 10.0. The summed E-state index contributed by atoms with van der Waals surface area (Å²) < 4.78 is 34.9. The van der Waals surface area contributed by atoms with Crippen molar-refractivity contribution in [2.45, 2.75) is 58.0 Å². The second-order valence-corrected chi connectivity index (χ2v) is 7.42. The van der Waals surface area contributed by atoms with E-state index < -0.39 is 18.9 Å². The van der Waals surface area contributed by atoms with Crippen LogP contribution >= 0.6 is 0 Å². The van der Waals surface area contributed by atoms with Crippen LogP contribution < -0.4 is 10.6 Å². The van der Waals surface area contributed by atoms with E-state index in [9.17, 15) is 13.9 Å². The molecule has 1 aliphatic heterocycles. The number of hydrogen-bond acceptors (Lipinski definition) is 3. The molecule has 0 aliphatic carbocycles. The molecule has 1 aromatic heterocycles. The lowest BCUT2D eigenvalue weighted by molar-refractivity contribution is -0.0611. The summed E-state index contributed by atoms with van der Waals surface area (Å²) in [6.45, 7) is 7.14. The van der Waals surface area contributed by atoms with Crippen LogP contribution in [0.1, 0.15) is 56.1 Å². The zero-order valence-corrected chi connectivity index (χ0v) is 16.9. The van der Waals surface area contributed by atoms with E-state index in [4.69, 9.17) is 4.74 Å². The quantitative estimate of drug-likeness (QED) is 0.718. The summed E-state index contributed by atoms with van der Waals surface area (Å²) in [6, 6.07) is 6.39. The smallest absolute Gasteiger partial charge is 0.134 e. The van der Waals surface area contributed by atoms with Gasteiger partial charge in [-0.25, -0.2) is 8.78 Å². The molecular weight excluding hydrogens is 374 g/mol. The van der Waals surface area contributed by atoms with Crippen LogP contribution in [0.2, 0.25) is 0 Å². The fourth-order valence-electron chi connectivity index (χ4n) is 3.64. The summed E-state index contributed by atoms with van der Waals surface area (Å²) in [5.74, 6) is -0.297. The summed E-state index contributed by atoms with van der Waals surface area (Å²) >= 11 is 0. The van der Waals surface area contributed by atoms with E-state index >= 15 is 0 Å². The standard InChI is InChI=1S/C23H28F2N2O2/c1-4-5-11-26-20(14-24)18-10-12-27(16(18)3)22-9-8-21(29-22)23(28)17-6-7-19(25)15(2)13-17/h6-7,10-13,21-23,28H,3-5,8-9,14H2,1-2H3/b20-18-,26-11?. The van der Waals surface area contributed by atoms with Crippen molar-refractivity contribution in [2.24, 2.45) is 4.99 Å². The number of alkyl halides is 1. The summed E-state index contributed by atoms with van der Waals surface area (Å²) in [5, 5.41) is 12.0. The maximum atomic E-state index is 13.5. The third-order valence-corrected chi connectivity index (χ3v) is 5.34. The Labute approximate surface area is 169 Å². The third kappa shape index (κ3) is 4.65. The highest BCUT2D eigenvalue weighted by Crippen LogP contribution is 2.34. The fourth-order valence-corrected chi connectivity index (χ4v) is 3.64. The van der Waals surface area contributed by atoms with Gasteiger partial charge >= 0.3 is 0 Å². The van der Waals surface area contributed by atoms with Crippen molar-refractivity contribution in [3.63, 3.8) is 0 Å². The molecule has 0 spiro atoms. The summed E-state index contributed by atoms with van der Waals surface area (Å²) in [7, 11) is 0. The average molecular weight is 402 g/mol. The molecule has 1 fully saturated rings. The summed E-state index contributed by atoms with van der Waals surface area (Å²) in [5.41, 5.74) is 1.48. The molecule has 2 aromatic rings. The van der Waals surface area contributed by atoms with Gasteiger partial charge in [0.1, 0.15) is 24.8 Å². The highest BCUT2D eigenvalue weighted by Gasteiger charge is 2.32. The van der Waals surface area contributed by atoms with Crippen molar-refractivity contribution < 1.29 is 18.6 Å². The minimum absolute atomic E-state index is 0.294. The average Bonchev–Trinajstić information content (AvgIpc) is 3.34. The van der Waals surface area contributed by atoms with Gasteiger partial charge in [0, 0.05) is 23.0 Å². The number of halogens is 2. The van der Waals surface area contributed by atoms with Crippen LogP contribution in [0.4, 0.5) is 8.78 Å². The van der Waals surface area contributed by atoms with Crippen LogP contribution in [0.5, 0.6) is 0 Å². The van der Waals surface area contributed by atoms with Crippen molar-refractivity contribution in [1.82, 2.24) is 4.57 Å². The SMILES string of the molecule is C=c1/c(=C(/CF)N=CCCC)ccn1C1CCC(C(O)c2ccc(F)c(C)c2)O1. The first kappa shape index (κ1) is 21.4. The zero-order chi connectivity index (χ0) is 21.0. The van der Waals surface area contributed by atoms with Gasteiger partial charge < -0.3 is 14.4 Å². The van der Waals surface area contributed by atoms with Crippen molar-refractivity contribution in [3.05, 3.63) is 58.0 Å². The number of aliphatic imine (C=N–C) groups is 1. The van der Waals surface area contributed by atoms with Gasteiger partial charge in [-0.3, -0.25) is 4.99 Å². The van der Waals surface area contributed by atoms with Crippen LogP contribution in [0.15, 0.2) is 35.5 Å². The van der Waals surface area contributed by atoms with E-state index in [2.05, 4.69) is 11.6 Å². The van der Waals surface area contributed by atoms with E-state index in [0.717, 1.165) is 12.8 Å². The van der Waals surface area contributed by atoms with Crippen molar-refractivity contribution >= 4 is 18.5 Å². The topological polar surface area (TPSA) is 46.8 Å². The molecule has 6 heteroatoms. The Bertz CT molecular complexity index is 983. The molecule has 0 saturated carbocycles. The molecule has 0 amide bonds. The van der Waals surface area contributed by atoms with Gasteiger partial charge in [0.25, 0.3) is 0 Å². The first-order valence-corrected chi connectivity index (χ1v) is 10.0. The number of nitrogens with zero attached hydrogens (tertiary/aromatic N) is 2. The van der Waals surface area contributed by atoms with Crippen LogP contribution in [0, 0.1) is 12.7 Å². The maximum Gasteiger partial charge on any atom is 0.134 e. The molecule has 156 valence electrons.